The van der Waals surface area contributed by atoms with E-state index in [1.54, 1.807) is 18.2 Å². The number of allylic oxidation sites excluding steroid dienone is 1. The van der Waals surface area contributed by atoms with Gasteiger partial charge in [-0.25, -0.2) is 4.79 Å². The lowest BCUT2D eigenvalue weighted by atomic mass is 10.1. The normalized spacial score (nSPS) is 11.4. The molecule has 138 valence electrons. The second kappa shape index (κ2) is 8.86. The molecule has 0 heterocycles. The number of benzene rings is 2. The summed E-state index contributed by atoms with van der Waals surface area (Å²) >= 11 is 3.26. The number of nitrogens with zero attached hydrogens (tertiary/aromatic N) is 2. The molecule has 8 nitrogen and oxygen atoms in total. The number of non-ortho nitro benzene ring substituents is 1. The van der Waals surface area contributed by atoms with E-state index in [-0.39, 0.29) is 17.1 Å². The lowest BCUT2D eigenvalue weighted by Crippen LogP contribution is -2.05. The number of halogens is 1. The average molecular weight is 433 g/mol. The Bertz CT molecular complexity index is 968. The van der Waals surface area contributed by atoms with Crippen molar-refractivity contribution in [1.82, 2.24) is 0 Å². The zero-order chi connectivity index (χ0) is 20.0. The Labute approximate surface area is 162 Å². The molecule has 0 unspecified atom stereocenters. The zero-order valence-corrected chi connectivity index (χ0v) is 15.6. The van der Waals surface area contributed by atoms with Gasteiger partial charge in [-0.1, -0.05) is 28.1 Å². The Morgan fingerprint density at radius 2 is 1.89 bits per heavy atom. The molecule has 0 bridgehead atoms. The molecule has 0 saturated heterocycles. The molecule has 0 atom stereocenters. The summed E-state index contributed by atoms with van der Waals surface area (Å²) in [6, 6.07) is 10.5. The van der Waals surface area contributed by atoms with E-state index in [9.17, 15) is 25.0 Å². The molecular weight excluding hydrogens is 420 g/mol. The number of carbonyl (C=O) groups is 1. The van der Waals surface area contributed by atoms with Crippen molar-refractivity contribution >= 4 is 39.7 Å². The third kappa shape index (κ3) is 5.86. The summed E-state index contributed by atoms with van der Waals surface area (Å²) in [5.74, 6) is -0.578. The molecule has 27 heavy (non-hydrogen) atoms. The van der Waals surface area contributed by atoms with Crippen LogP contribution < -0.4 is 4.74 Å². The van der Waals surface area contributed by atoms with Gasteiger partial charge in [-0.15, -0.1) is 0 Å². The first-order valence-corrected chi connectivity index (χ1v) is 8.32. The quantitative estimate of drug-likeness (QED) is 0.216. The van der Waals surface area contributed by atoms with Gasteiger partial charge in [0.1, 0.15) is 5.75 Å². The minimum atomic E-state index is -0.725. The molecule has 2 rings (SSSR count). The summed E-state index contributed by atoms with van der Waals surface area (Å²) in [7, 11) is 0. The largest absolute Gasteiger partial charge is 0.423 e. The summed E-state index contributed by atoms with van der Waals surface area (Å²) in [4.78, 5) is 32.6. The van der Waals surface area contributed by atoms with Crippen LogP contribution in [0.15, 0.2) is 58.7 Å². The summed E-state index contributed by atoms with van der Waals surface area (Å²) in [6.45, 7) is 1.33. The fourth-order valence-electron chi connectivity index (χ4n) is 2.05. The Kier molecular flexibility index (Phi) is 6.56. The highest BCUT2D eigenvalue weighted by Crippen LogP contribution is 2.26. The third-order valence-electron chi connectivity index (χ3n) is 3.33. The molecule has 0 spiro atoms. The SMILES string of the molecule is C/C(=C\c1cc(Br)ccc1OC(=O)/C=C/c1cccc([N+](=O)[O-])c1)[N+](=O)[O-]. The van der Waals surface area contributed by atoms with Crippen molar-refractivity contribution in [3.05, 3.63) is 90.1 Å². The number of hydrogen-bond donors (Lipinski definition) is 0. The molecular formula is C18H13BrN2O6. The summed E-state index contributed by atoms with van der Waals surface area (Å²) in [5.41, 5.74) is 0.607. The van der Waals surface area contributed by atoms with Crippen LogP contribution in [-0.2, 0) is 4.79 Å². The smallest absolute Gasteiger partial charge is 0.336 e. The number of ether oxygens (including phenoxy) is 1. The highest BCUT2D eigenvalue weighted by molar-refractivity contribution is 9.10. The van der Waals surface area contributed by atoms with Crippen LogP contribution >= 0.6 is 15.9 Å². The number of hydrogen-bond acceptors (Lipinski definition) is 6. The molecule has 0 aliphatic heterocycles. The molecule has 0 amide bonds. The Balaban J connectivity index is 2.21. The van der Waals surface area contributed by atoms with Gasteiger partial charge in [0.15, 0.2) is 0 Å². The van der Waals surface area contributed by atoms with Gasteiger partial charge < -0.3 is 4.74 Å². The van der Waals surface area contributed by atoms with E-state index in [2.05, 4.69) is 15.9 Å². The van der Waals surface area contributed by atoms with Crippen LogP contribution in [0.5, 0.6) is 5.75 Å². The van der Waals surface area contributed by atoms with Crippen LogP contribution in [0.1, 0.15) is 18.1 Å². The number of rotatable bonds is 6. The van der Waals surface area contributed by atoms with Gasteiger partial charge in [0.2, 0.25) is 5.70 Å². The van der Waals surface area contributed by atoms with Crippen LogP contribution in [0.4, 0.5) is 5.69 Å². The minimum absolute atomic E-state index is 0.0962. The Hall–Kier alpha value is -3.33. The molecule has 0 saturated carbocycles. The predicted octanol–water partition coefficient (Wildman–Crippen LogP) is 4.61. The van der Waals surface area contributed by atoms with Gasteiger partial charge in [0.25, 0.3) is 5.69 Å². The Morgan fingerprint density at radius 1 is 1.15 bits per heavy atom. The first-order chi connectivity index (χ1) is 12.8. The van der Waals surface area contributed by atoms with E-state index in [4.69, 9.17) is 4.74 Å². The highest BCUT2D eigenvalue weighted by atomic mass is 79.9. The lowest BCUT2D eigenvalue weighted by Gasteiger charge is -2.06. The fraction of sp³-hybridized carbons (Fsp3) is 0.0556. The summed E-state index contributed by atoms with van der Waals surface area (Å²) in [6.07, 6.45) is 3.79. The van der Waals surface area contributed by atoms with Crippen molar-refractivity contribution in [3.8, 4) is 5.75 Å². The van der Waals surface area contributed by atoms with E-state index in [0.29, 0.717) is 15.6 Å². The molecule has 0 aliphatic rings. The van der Waals surface area contributed by atoms with Crippen LogP contribution in [-0.4, -0.2) is 15.8 Å². The second-order valence-electron chi connectivity index (χ2n) is 5.33. The van der Waals surface area contributed by atoms with Crippen LogP contribution in [0.25, 0.3) is 12.2 Å². The number of nitro groups is 2. The molecule has 0 aromatic heterocycles. The number of nitro benzene ring substituents is 1. The molecule has 0 radical (unpaired) electrons. The van der Waals surface area contributed by atoms with Crippen molar-refractivity contribution in [1.29, 1.82) is 0 Å². The van der Waals surface area contributed by atoms with Gasteiger partial charge in [-0.3, -0.25) is 20.2 Å². The van der Waals surface area contributed by atoms with Gasteiger partial charge in [0.05, 0.1) is 9.85 Å². The minimum Gasteiger partial charge on any atom is -0.423 e. The first-order valence-electron chi connectivity index (χ1n) is 7.53. The monoisotopic (exact) mass is 432 g/mol. The maximum atomic E-state index is 12.1. The molecule has 0 aliphatic carbocycles. The standard InChI is InChI=1S/C18H13BrN2O6/c1-12(20(23)24)9-14-11-15(19)6-7-17(14)27-18(22)8-5-13-3-2-4-16(10-13)21(25)26/h2-11H,1H3/b8-5+,12-9+. The molecule has 0 fully saturated rings. The first kappa shape index (κ1) is 20.0. The molecule has 0 N–H and O–H groups in total. The van der Waals surface area contributed by atoms with Crippen molar-refractivity contribution < 1.29 is 19.4 Å². The van der Waals surface area contributed by atoms with Crippen molar-refractivity contribution in [2.45, 2.75) is 6.92 Å². The molecule has 9 heteroatoms. The topological polar surface area (TPSA) is 113 Å². The highest BCUT2D eigenvalue weighted by Gasteiger charge is 2.11. The average Bonchev–Trinajstić information content (AvgIpc) is 2.62. The maximum Gasteiger partial charge on any atom is 0.336 e. The van der Waals surface area contributed by atoms with Crippen molar-refractivity contribution in [2.75, 3.05) is 0 Å². The number of carbonyl (C=O) groups excluding carboxylic acids is 1. The second-order valence-corrected chi connectivity index (χ2v) is 6.25. The van der Waals surface area contributed by atoms with Gasteiger partial charge >= 0.3 is 5.97 Å². The number of esters is 1. The van der Waals surface area contributed by atoms with Gasteiger partial charge in [-0.2, -0.15) is 0 Å². The van der Waals surface area contributed by atoms with E-state index in [1.807, 2.05) is 0 Å². The van der Waals surface area contributed by atoms with E-state index in [0.717, 1.165) is 6.08 Å². The Morgan fingerprint density at radius 3 is 2.56 bits per heavy atom. The molecule has 2 aromatic rings. The lowest BCUT2D eigenvalue weighted by molar-refractivity contribution is -0.422. The van der Waals surface area contributed by atoms with Gasteiger partial charge in [-0.05, 0) is 29.8 Å². The van der Waals surface area contributed by atoms with E-state index in [1.165, 1.54) is 43.3 Å². The fourth-order valence-corrected chi connectivity index (χ4v) is 2.43. The van der Waals surface area contributed by atoms with E-state index >= 15 is 0 Å². The van der Waals surface area contributed by atoms with Crippen molar-refractivity contribution in [2.24, 2.45) is 0 Å². The van der Waals surface area contributed by atoms with Crippen LogP contribution in [0, 0.1) is 20.2 Å². The molecule has 2 aromatic carbocycles. The maximum absolute atomic E-state index is 12.1. The zero-order valence-electron chi connectivity index (χ0n) is 14.0. The summed E-state index contributed by atoms with van der Waals surface area (Å²) < 4.78 is 5.90. The van der Waals surface area contributed by atoms with Gasteiger partial charge in [0, 0.05) is 41.2 Å². The summed E-state index contributed by atoms with van der Waals surface area (Å²) in [5, 5.41) is 21.6. The van der Waals surface area contributed by atoms with E-state index < -0.39 is 15.8 Å². The van der Waals surface area contributed by atoms with Crippen LogP contribution in [0.2, 0.25) is 0 Å². The third-order valence-corrected chi connectivity index (χ3v) is 3.82. The predicted molar refractivity (Wildman–Crippen MR) is 103 cm³/mol. The van der Waals surface area contributed by atoms with Crippen molar-refractivity contribution in [3.63, 3.8) is 0 Å². The van der Waals surface area contributed by atoms with Crippen LogP contribution in [0.3, 0.4) is 0 Å².